The van der Waals surface area contributed by atoms with Gasteiger partial charge < -0.3 is 10.8 Å². The summed E-state index contributed by atoms with van der Waals surface area (Å²) < 4.78 is 15.4. The summed E-state index contributed by atoms with van der Waals surface area (Å²) in [6.45, 7) is 1.38. The minimum atomic E-state index is -0.498. The number of aromatic amines is 1. The molecule has 0 spiro atoms. The molecule has 4 aromatic rings. The number of nitrogens with zero attached hydrogens (tertiary/aromatic N) is 4. The fraction of sp³-hybridized carbons (Fsp3) is 0.143. The number of nitrogens with two attached hydrogens (primary N) is 1. The van der Waals surface area contributed by atoms with Crippen molar-refractivity contribution in [2.75, 3.05) is 5.73 Å². The molecule has 0 amide bonds. The van der Waals surface area contributed by atoms with Crippen LogP contribution in [0.2, 0.25) is 5.15 Å². The largest absolute Gasteiger partial charge is 0.504 e. The van der Waals surface area contributed by atoms with Gasteiger partial charge in [-0.25, -0.2) is 9.37 Å². The molecule has 8 nitrogen and oxygen atoms in total. The summed E-state index contributed by atoms with van der Waals surface area (Å²) in [4.78, 5) is 16.1. The first-order valence-corrected chi connectivity index (χ1v) is 9.63. The van der Waals surface area contributed by atoms with Gasteiger partial charge in [0.25, 0.3) is 0 Å². The van der Waals surface area contributed by atoms with Gasteiger partial charge in [-0.05, 0) is 31.2 Å². The third-order valence-electron chi connectivity index (χ3n) is 4.88. The Hall–Kier alpha value is -3.72. The molecule has 0 saturated carbocycles. The zero-order valence-corrected chi connectivity index (χ0v) is 17.4. The maximum atomic E-state index is 13.7. The normalized spacial score (nSPS) is 11.1. The number of Topliss-reactive ketones (excluding diaryl/α,β-unsaturated/α-hetero) is 1. The lowest BCUT2D eigenvalue weighted by Crippen LogP contribution is -2.00. The molecule has 31 heavy (non-hydrogen) atoms. The molecule has 3 heterocycles. The number of hydrogen-bond acceptors (Lipinski definition) is 6. The molecular weight excluding hydrogens is 423 g/mol. The first kappa shape index (κ1) is 20.5. The first-order valence-electron chi connectivity index (χ1n) is 9.25. The van der Waals surface area contributed by atoms with Gasteiger partial charge in [-0.3, -0.25) is 14.6 Å². The molecule has 10 heteroatoms. The van der Waals surface area contributed by atoms with Crippen molar-refractivity contribution < 1.29 is 14.3 Å². The molecule has 0 aliphatic carbocycles. The Kier molecular flexibility index (Phi) is 5.20. The van der Waals surface area contributed by atoms with Crippen LogP contribution >= 0.6 is 11.6 Å². The van der Waals surface area contributed by atoms with Gasteiger partial charge in [-0.2, -0.15) is 10.2 Å². The molecule has 4 N–H and O–H groups in total. The fourth-order valence-corrected chi connectivity index (χ4v) is 3.63. The predicted molar refractivity (Wildman–Crippen MR) is 114 cm³/mol. The van der Waals surface area contributed by atoms with E-state index in [9.17, 15) is 14.3 Å². The monoisotopic (exact) mass is 440 g/mol. The number of aromatic hydroxyl groups is 1. The van der Waals surface area contributed by atoms with Gasteiger partial charge in [-0.15, -0.1) is 0 Å². The molecule has 0 aliphatic rings. The molecule has 0 aliphatic heterocycles. The quantitative estimate of drug-likeness (QED) is 0.406. The molecule has 4 rings (SSSR count). The van der Waals surface area contributed by atoms with E-state index in [-0.39, 0.29) is 22.9 Å². The number of aryl methyl sites for hydroxylation is 1. The second kappa shape index (κ2) is 7.84. The van der Waals surface area contributed by atoms with Crippen molar-refractivity contribution in [3.63, 3.8) is 0 Å². The number of nitrogens with one attached hydrogen (secondary N) is 1. The van der Waals surface area contributed by atoms with E-state index in [4.69, 9.17) is 17.3 Å². The average Bonchev–Trinajstić information content (AvgIpc) is 3.27. The van der Waals surface area contributed by atoms with Crippen molar-refractivity contribution in [2.45, 2.75) is 13.3 Å². The summed E-state index contributed by atoms with van der Waals surface area (Å²) in [5.41, 5.74) is 9.32. The number of aromatic nitrogens is 5. The maximum Gasteiger partial charge on any atom is 0.165 e. The maximum absolute atomic E-state index is 13.7. The van der Waals surface area contributed by atoms with Gasteiger partial charge in [0.1, 0.15) is 11.0 Å². The average molecular weight is 441 g/mol. The Morgan fingerprint density at radius 3 is 2.81 bits per heavy atom. The van der Waals surface area contributed by atoms with Crippen LogP contribution in [-0.4, -0.2) is 35.9 Å². The van der Waals surface area contributed by atoms with E-state index >= 15 is 0 Å². The van der Waals surface area contributed by atoms with E-state index in [0.29, 0.717) is 39.7 Å². The number of ketones is 1. The van der Waals surface area contributed by atoms with Crippen molar-refractivity contribution >= 4 is 23.2 Å². The minimum absolute atomic E-state index is 0.00884. The van der Waals surface area contributed by atoms with Crippen LogP contribution in [-0.2, 0) is 13.5 Å². The number of benzene rings is 1. The molecule has 158 valence electrons. The van der Waals surface area contributed by atoms with Gasteiger partial charge >= 0.3 is 0 Å². The Bertz CT molecular complexity index is 1310. The zero-order valence-electron chi connectivity index (χ0n) is 16.6. The van der Waals surface area contributed by atoms with Crippen LogP contribution in [0.4, 0.5) is 10.2 Å². The third-order valence-corrected chi connectivity index (χ3v) is 5.19. The highest BCUT2D eigenvalue weighted by Gasteiger charge is 2.21. The molecule has 1 aromatic carbocycles. The highest BCUT2D eigenvalue weighted by atomic mass is 35.5. The molecule has 0 unspecified atom stereocenters. The van der Waals surface area contributed by atoms with E-state index in [1.807, 2.05) is 0 Å². The predicted octanol–water partition coefficient (Wildman–Crippen LogP) is 3.75. The highest BCUT2D eigenvalue weighted by molar-refractivity contribution is 6.30. The van der Waals surface area contributed by atoms with Crippen LogP contribution in [0, 0.1) is 5.82 Å². The highest BCUT2D eigenvalue weighted by Crippen LogP contribution is 2.34. The minimum Gasteiger partial charge on any atom is -0.504 e. The number of carbonyl (C=O) groups excluding carboxylic acids is 1. The molecular formula is C21H18ClFN6O2. The number of pyridine rings is 1. The Morgan fingerprint density at radius 1 is 1.32 bits per heavy atom. The molecule has 0 saturated heterocycles. The standard InChI is InChI=1S/C21H18ClFN6O2/c1-10(30)15-7-13(23)3-4-14(15)19-12(9-29(2)28-19)5-16-18(26-27-20(16)22)11-6-17(31)21(24)25-8-11/h3-4,6-9,31H,5H2,1-2H3,(H2,24,25)(H,26,27). The van der Waals surface area contributed by atoms with Crippen LogP contribution in [0.25, 0.3) is 22.5 Å². The molecule has 0 radical (unpaired) electrons. The van der Waals surface area contributed by atoms with Gasteiger partial charge in [0, 0.05) is 53.7 Å². The lowest BCUT2D eigenvalue weighted by Gasteiger charge is -2.08. The first-order chi connectivity index (χ1) is 14.7. The van der Waals surface area contributed by atoms with E-state index in [1.165, 1.54) is 37.4 Å². The van der Waals surface area contributed by atoms with Crippen LogP contribution in [0.1, 0.15) is 28.4 Å². The number of halogens is 2. The Morgan fingerprint density at radius 2 is 2.10 bits per heavy atom. The van der Waals surface area contributed by atoms with E-state index in [2.05, 4.69) is 20.3 Å². The summed E-state index contributed by atoms with van der Waals surface area (Å²) in [6.07, 6.45) is 3.60. The Labute approximate surface area is 181 Å². The van der Waals surface area contributed by atoms with Gasteiger partial charge in [0.15, 0.2) is 17.4 Å². The topological polar surface area (TPSA) is 123 Å². The van der Waals surface area contributed by atoms with Crippen molar-refractivity contribution in [1.82, 2.24) is 25.0 Å². The zero-order chi connectivity index (χ0) is 22.3. The van der Waals surface area contributed by atoms with Gasteiger partial charge in [0.05, 0.1) is 11.4 Å². The summed E-state index contributed by atoms with van der Waals surface area (Å²) in [5.74, 6) is -0.921. The summed E-state index contributed by atoms with van der Waals surface area (Å²) in [7, 11) is 1.75. The second-order valence-corrected chi connectivity index (χ2v) is 7.47. The number of H-pyrrole nitrogens is 1. The fourth-order valence-electron chi connectivity index (χ4n) is 3.44. The number of rotatable bonds is 5. The van der Waals surface area contributed by atoms with Crippen molar-refractivity contribution in [3.8, 4) is 28.3 Å². The van der Waals surface area contributed by atoms with Crippen LogP contribution in [0.15, 0.2) is 36.7 Å². The lowest BCUT2D eigenvalue weighted by molar-refractivity contribution is 0.101. The smallest absolute Gasteiger partial charge is 0.165 e. The van der Waals surface area contributed by atoms with E-state index in [0.717, 1.165) is 5.56 Å². The van der Waals surface area contributed by atoms with Gasteiger partial charge in [0.2, 0.25) is 0 Å². The lowest BCUT2D eigenvalue weighted by atomic mass is 9.96. The van der Waals surface area contributed by atoms with Crippen molar-refractivity contribution in [2.24, 2.45) is 7.05 Å². The van der Waals surface area contributed by atoms with E-state index < -0.39 is 5.82 Å². The molecule has 0 fully saturated rings. The summed E-state index contributed by atoms with van der Waals surface area (Å²) >= 11 is 6.37. The van der Waals surface area contributed by atoms with Crippen LogP contribution in [0.3, 0.4) is 0 Å². The van der Waals surface area contributed by atoms with Crippen LogP contribution < -0.4 is 5.73 Å². The SMILES string of the molecule is CC(=O)c1cc(F)ccc1-c1nn(C)cc1Cc1c(-c2cnc(N)c(O)c2)n[nH]c1Cl. The number of hydrogen-bond donors (Lipinski definition) is 3. The summed E-state index contributed by atoms with van der Waals surface area (Å²) in [5, 5.41) is 21.7. The van der Waals surface area contributed by atoms with Crippen LogP contribution in [0.5, 0.6) is 5.75 Å². The Balaban J connectivity index is 1.81. The van der Waals surface area contributed by atoms with Gasteiger partial charge in [-0.1, -0.05) is 11.6 Å². The number of anilines is 1. The van der Waals surface area contributed by atoms with E-state index in [1.54, 1.807) is 17.9 Å². The second-order valence-electron chi connectivity index (χ2n) is 7.09. The van der Waals surface area contributed by atoms with Crippen molar-refractivity contribution in [1.29, 1.82) is 0 Å². The molecule has 3 aromatic heterocycles. The third kappa shape index (κ3) is 3.87. The van der Waals surface area contributed by atoms with Crippen molar-refractivity contribution in [3.05, 3.63) is 64.3 Å². The molecule has 0 atom stereocenters. The number of carbonyl (C=O) groups is 1. The summed E-state index contributed by atoms with van der Waals surface area (Å²) in [6, 6.07) is 5.49. The number of nitrogen functional groups attached to an aromatic ring is 1. The molecule has 0 bridgehead atoms.